The monoisotopic (exact) mass is 303 g/mol. The number of hydrogen-bond donors (Lipinski definition) is 2. The van der Waals surface area contributed by atoms with Gasteiger partial charge in [0, 0.05) is 0 Å². The van der Waals surface area contributed by atoms with Gasteiger partial charge in [0.1, 0.15) is 17.6 Å². The van der Waals surface area contributed by atoms with Crippen LogP contribution < -0.4 is 4.90 Å². The Morgan fingerprint density at radius 1 is 1.11 bits per heavy atom. The summed E-state index contributed by atoms with van der Waals surface area (Å²) in [5, 5.41) is 19.5. The average Bonchev–Trinajstić information content (AvgIpc) is 2.26. The minimum Gasteiger partial charge on any atom is -0.374 e. The number of fused-ring (bicyclic) bond motifs is 1. The average molecular weight is 304 g/mol. The van der Waals surface area contributed by atoms with Crippen LogP contribution in [0.5, 0.6) is 0 Å². The fourth-order valence-corrected chi connectivity index (χ4v) is 1.98. The molecular formula is C10H11Cl2N5O2. The van der Waals surface area contributed by atoms with Crippen LogP contribution in [0.2, 0.25) is 10.4 Å². The Hall–Kier alpha value is -1.28. The van der Waals surface area contributed by atoms with Crippen molar-refractivity contribution >= 4 is 40.2 Å². The number of aliphatic hydroxyl groups excluding tert-OH is 2. The summed E-state index contributed by atoms with van der Waals surface area (Å²) in [6, 6.07) is 0. The first kappa shape index (κ1) is 14.1. The van der Waals surface area contributed by atoms with E-state index in [9.17, 15) is 10.2 Å². The lowest BCUT2D eigenvalue weighted by molar-refractivity contribution is 0.104. The van der Waals surface area contributed by atoms with E-state index in [0.717, 1.165) is 0 Å². The maximum Gasteiger partial charge on any atom is 0.226 e. The Bertz CT molecular complexity index is 594. The summed E-state index contributed by atoms with van der Waals surface area (Å²) >= 11 is 11.5. The predicted octanol–water partition coefficient (Wildman–Crippen LogP) is 1.21. The summed E-state index contributed by atoms with van der Waals surface area (Å²) in [5.41, 5.74) is 0.476. The second-order valence-corrected chi connectivity index (χ2v) is 4.58. The third kappa shape index (κ3) is 2.84. The molecule has 2 aromatic rings. The van der Waals surface area contributed by atoms with Crippen molar-refractivity contribution in [3.8, 4) is 0 Å². The maximum atomic E-state index is 9.73. The molecule has 0 fully saturated rings. The van der Waals surface area contributed by atoms with E-state index in [0.29, 0.717) is 0 Å². The first-order valence-corrected chi connectivity index (χ1v) is 6.16. The van der Waals surface area contributed by atoms with Crippen molar-refractivity contribution in [2.45, 2.75) is 26.3 Å². The van der Waals surface area contributed by atoms with Crippen LogP contribution >= 0.6 is 23.2 Å². The standard InChI is InChI=1S/C10H11Cl2N5O2/c1-4(18)17(5(2)19)9-7-8(15-10(12)16-9)14-6(11)3-13-7/h3-5,18-19H,1-2H3. The zero-order valence-electron chi connectivity index (χ0n) is 10.1. The largest absolute Gasteiger partial charge is 0.374 e. The highest BCUT2D eigenvalue weighted by atomic mass is 35.5. The molecule has 0 saturated heterocycles. The number of nitrogens with zero attached hydrogens (tertiary/aromatic N) is 5. The zero-order valence-corrected chi connectivity index (χ0v) is 11.6. The van der Waals surface area contributed by atoms with Gasteiger partial charge < -0.3 is 15.1 Å². The Morgan fingerprint density at radius 2 is 1.74 bits per heavy atom. The highest BCUT2D eigenvalue weighted by molar-refractivity contribution is 6.30. The van der Waals surface area contributed by atoms with Gasteiger partial charge in [-0.1, -0.05) is 11.6 Å². The Balaban J connectivity index is 2.71. The van der Waals surface area contributed by atoms with E-state index in [2.05, 4.69) is 19.9 Å². The molecule has 0 amide bonds. The van der Waals surface area contributed by atoms with Crippen LogP contribution in [-0.2, 0) is 0 Å². The van der Waals surface area contributed by atoms with E-state index >= 15 is 0 Å². The van der Waals surface area contributed by atoms with Gasteiger partial charge in [-0.2, -0.15) is 9.97 Å². The topological polar surface area (TPSA) is 95.3 Å². The molecule has 0 spiro atoms. The molecule has 0 aliphatic carbocycles. The molecule has 2 aromatic heterocycles. The van der Waals surface area contributed by atoms with Crippen LogP contribution in [0.1, 0.15) is 13.8 Å². The molecule has 0 radical (unpaired) electrons. The molecule has 2 rings (SSSR count). The van der Waals surface area contributed by atoms with E-state index in [1.54, 1.807) is 0 Å². The van der Waals surface area contributed by atoms with Crippen LogP contribution in [0, 0.1) is 0 Å². The summed E-state index contributed by atoms with van der Waals surface area (Å²) in [5.74, 6) is 0.184. The fraction of sp³-hybridized carbons (Fsp3) is 0.400. The summed E-state index contributed by atoms with van der Waals surface area (Å²) in [7, 11) is 0. The molecule has 9 heteroatoms. The van der Waals surface area contributed by atoms with Gasteiger partial charge in [0.25, 0.3) is 0 Å². The molecule has 2 N–H and O–H groups in total. The lowest BCUT2D eigenvalue weighted by atomic mass is 10.3. The van der Waals surface area contributed by atoms with Gasteiger partial charge in [0.05, 0.1) is 6.20 Å². The molecular weight excluding hydrogens is 293 g/mol. The summed E-state index contributed by atoms with van der Waals surface area (Å²) in [4.78, 5) is 17.2. The number of rotatable bonds is 3. The fourth-order valence-electron chi connectivity index (χ4n) is 1.69. The van der Waals surface area contributed by atoms with Crippen molar-refractivity contribution in [3.63, 3.8) is 0 Å². The number of aromatic nitrogens is 4. The molecule has 0 saturated carbocycles. The van der Waals surface area contributed by atoms with Gasteiger partial charge in [-0.05, 0) is 25.4 Å². The molecule has 102 valence electrons. The predicted molar refractivity (Wildman–Crippen MR) is 71.0 cm³/mol. The quantitative estimate of drug-likeness (QED) is 0.650. The molecule has 2 heterocycles. The normalized spacial score (nSPS) is 14.4. The molecule has 7 nitrogen and oxygen atoms in total. The van der Waals surface area contributed by atoms with E-state index in [1.807, 2.05) is 0 Å². The first-order valence-electron chi connectivity index (χ1n) is 5.40. The molecule has 19 heavy (non-hydrogen) atoms. The smallest absolute Gasteiger partial charge is 0.226 e. The Kier molecular flexibility index (Phi) is 4.00. The van der Waals surface area contributed by atoms with Crippen LogP contribution in [0.15, 0.2) is 6.20 Å². The molecule has 0 aromatic carbocycles. The van der Waals surface area contributed by atoms with Gasteiger partial charge in [0.15, 0.2) is 17.0 Å². The van der Waals surface area contributed by atoms with E-state index in [4.69, 9.17) is 23.2 Å². The van der Waals surface area contributed by atoms with Crippen molar-refractivity contribution in [1.82, 2.24) is 19.9 Å². The second kappa shape index (κ2) is 5.38. The van der Waals surface area contributed by atoms with E-state index < -0.39 is 12.5 Å². The van der Waals surface area contributed by atoms with Gasteiger partial charge in [-0.25, -0.2) is 9.97 Å². The van der Waals surface area contributed by atoms with E-state index in [1.165, 1.54) is 24.9 Å². The zero-order chi connectivity index (χ0) is 14.2. The third-order valence-corrected chi connectivity index (χ3v) is 2.73. The molecule has 0 bridgehead atoms. The lowest BCUT2D eigenvalue weighted by Crippen LogP contribution is -2.41. The summed E-state index contributed by atoms with van der Waals surface area (Å²) in [6.45, 7) is 2.97. The second-order valence-electron chi connectivity index (χ2n) is 3.85. The van der Waals surface area contributed by atoms with Crippen LogP contribution in [0.3, 0.4) is 0 Å². The molecule has 2 unspecified atom stereocenters. The van der Waals surface area contributed by atoms with Crippen molar-refractivity contribution in [3.05, 3.63) is 16.6 Å². The van der Waals surface area contributed by atoms with Crippen molar-refractivity contribution in [1.29, 1.82) is 0 Å². The Labute approximate surface area is 118 Å². The van der Waals surface area contributed by atoms with Gasteiger partial charge in [-0.15, -0.1) is 0 Å². The number of anilines is 1. The minimum absolute atomic E-state index is 0.0784. The van der Waals surface area contributed by atoms with Crippen molar-refractivity contribution in [2.75, 3.05) is 4.90 Å². The maximum absolute atomic E-state index is 9.73. The molecule has 0 aliphatic heterocycles. The Morgan fingerprint density at radius 3 is 2.32 bits per heavy atom. The van der Waals surface area contributed by atoms with E-state index in [-0.39, 0.29) is 27.4 Å². The van der Waals surface area contributed by atoms with Crippen LogP contribution in [-0.4, -0.2) is 42.6 Å². The van der Waals surface area contributed by atoms with Crippen molar-refractivity contribution < 1.29 is 10.2 Å². The number of hydrogen-bond acceptors (Lipinski definition) is 7. The summed E-state index contributed by atoms with van der Waals surface area (Å²) < 4.78 is 0. The minimum atomic E-state index is -0.994. The van der Waals surface area contributed by atoms with Crippen LogP contribution in [0.4, 0.5) is 5.82 Å². The molecule has 2 atom stereocenters. The number of aliphatic hydroxyl groups is 2. The van der Waals surface area contributed by atoms with Gasteiger partial charge in [-0.3, -0.25) is 0 Å². The van der Waals surface area contributed by atoms with Crippen molar-refractivity contribution in [2.24, 2.45) is 0 Å². The van der Waals surface area contributed by atoms with Gasteiger partial charge in [0.2, 0.25) is 5.28 Å². The van der Waals surface area contributed by atoms with Crippen LogP contribution in [0.25, 0.3) is 11.2 Å². The summed E-state index contributed by atoms with van der Waals surface area (Å²) in [6.07, 6.45) is -0.661. The third-order valence-electron chi connectivity index (χ3n) is 2.38. The highest BCUT2D eigenvalue weighted by Gasteiger charge is 2.23. The number of halogens is 2. The SMILES string of the molecule is CC(O)N(c1nc(Cl)nc2nc(Cl)cnc12)C(C)O. The lowest BCUT2D eigenvalue weighted by Gasteiger charge is -2.29. The highest BCUT2D eigenvalue weighted by Crippen LogP contribution is 2.25. The molecule has 0 aliphatic rings. The van der Waals surface area contributed by atoms with Gasteiger partial charge >= 0.3 is 0 Å². The first-order chi connectivity index (χ1) is 8.90.